The fourth-order valence-electron chi connectivity index (χ4n) is 4.17. The molecule has 4 nitrogen and oxygen atoms in total. The van der Waals surface area contributed by atoms with E-state index in [0.717, 1.165) is 43.7 Å². The second-order valence-corrected chi connectivity index (χ2v) is 9.09. The number of hydrogen-bond donors (Lipinski definition) is 1. The van der Waals surface area contributed by atoms with Gasteiger partial charge >= 0.3 is 0 Å². The van der Waals surface area contributed by atoms with Gasteiger partial charge in [0.25, 0.3) is 0 Å². The molecule has 0 aliphatic carbocycles. The molecule has 1 unspecified atom stereocenters. The number of likely N-dealkylation sites (tertiary alicyclic amines) is 1. The number of ether oxygens (including phenoxy) is 1. The van der Waals surface area contributed by atoms with Crippen molar-refractivity contribution in [2.45, 2.75) is 32.2 Å². The topological polar surface area (TPSA) is 41.6 Å². The second kappa shape index (κ2) is 10.6. The normalized spacial score (nSPS) is 17.1. The number of benzene rings is 2. The van der Waals surface area contributed by atoms with E-state index >= 15 is 0 Å². The molecular weight excluding hydrogens is 392 g/mol. The number of amides is 1. The maximum absolute atomic E-state index is 12.3. The number of carbonyl (C=O) groups is 1. The summed E-state index contributed by atoms with van der Waals surface area (Å²) in [7, 11) is 0. The van der Waals surface area contributed by atoms with E-state index in [4.69, 9.17) is 4.74 Å². The standard InChI is InChI=1S/C25H30N2O2S/c28-25(13-5-15-29-24-12-3-9-21-8-1-2-11-23(21)24)26-17-20-7-4-14-27(18-20)19-22-10-6-16-30-22/h1-3,6,8-12,16,20H,4-5,7,13-15,17-19H2,(H,26,28). The Bertz CT molecular complexity index is 936. The van der Waals surface area contributed by atoms with Gasteiger partial charge in [0.2, 0.25) is 5.91 Å². The minimum atomic E-state index is 0.131. The first-order valence-corrected chi connectivity index (χ1v) is 11.8. The predicted octanol–water partition coefficient (Wildman–Crippen LogP) is 5.09. The minimum absolute atomic E-state index is 0.131. The molecule has 5 heteroatoms. The minimum Gasteiger partial charge on any atom is -0.493 e. The zero-order chi connectivity index (χ0) is 20.6. The van der Waals surface area contributed by atoms with Crippen LogP contribution in [0, 0.1) is 5.92 Å². The Labute approximate surface area is 182 Å². The van der Waals surface area contributed by atoms with Gasteiger partial charge in [0, 0.05) is 36.3 Å². The van der Waals surface area contributed by atoms with E-state index in [2.05, 4.69) is 45.9 Å². The molecule has 0 saturated carbocycles. The summed E-state index contributed by atoms with van der Waals surface area (Å²) in [5.74, 6) is 1.57. The predicted molar refractivity (Wildman–Crippen MR) is 124 cm³/mol. The van der Waals surface area contributed by atoms with Gasteiger partial charge in [0.1, 0.15) is 5.75 Å². The van der Waals surface area contributed by atoms with Gasteiger partial charge in [-0.2, -0.15) is 0 Å². The van der Waals surface area contributed by atoms with Gasteiger partial charge in [0.15, 0.2) is 0 Å². The third-order valence-electron chi connectivity index (χ3n) is 5.71. The van der Waals surface area contributed by atoms with E-state index in [-0.39, 0.29) is 5.91 Å². The van der Waals surface area contributed by atoms with Crippen molar-refractivity contribution in [3.8, 4) is 5.75 Å². The highest BCUT2D eigenvalue weighted by Gasteiger charge is 2.20. The van der Waals surface area contributed by atoms with Crippen LogP contribution in [0.1, 0.15) is 30.6 Å². The third-order valence-corrected chi connectivity index (χ3v) is 6.57. The molecule has 1 aliphatic rings. The molecule has 1 aliphatic heterocycles. The molecule has 2 aromatic carbocycles. The van der Waals surface area contributed by atoms with E-state index < -0.39 is 0 Å². The molecule has 30 heavy (non-hydrogen) atoms. The Kier molecular flexibility index (Phi) is 7.38. The molecule has 1 amide bonds. The molecule has 1 fully saturated rings. The van der Waals surface area contributed by atoms with Crippen molar-refractivity contribution in [1.82, 2.24) is 10.2 Å². The van der Waals surface area contributed by atoms with Gasteiger partial charge in [-0.25, -0.2) is 0 Å². The van der Waals surface area contributed by atoms with Gasteiger partial charge in [-0.15, -0.1) is 11.3 Å². The SMILES string of the molecule is O=C(CCCOc1cccc2ccccc12)NCC1CCCN(Cc2cccs2)C1. The van der Waals surface area contributed by atoms with E-state index in [9.17, 15) is 4.79 Å². The lowest BCUT2D eigenvalue weighted by Gasteiger charge is -2.32. The van der Waals surface area contributed by atoms with Crippen LogP contribution in [0.5, 0.6) is 5.75 Å². The molecule has 1 N–H and O–H groups in total. The molecule has 1 saturated heterocycles. The van der Waals surface area contributed by atoms with Gasteiger partial charge in [-0.05, 0) is 54.6 Å². The summed E-state index contributed by atoms with van der Waals surface area (Å²) in [5, 5.41) is 7.58. The first kappa shape index (κ1) is 20.9. The zero-order valence-electron chi connectivity index (χ0n) is 17.4. The number of nitrogens with one attached hydrogen (secondary N) is 1. The van der Waals surface area contributed by atoms with Crippen molar-refractivity contribution < 1.29 is 9.53 Å². The van der Waals surface area contributed by atoms with Crippen molar-refractivity contribution in [3.05, 3.63) is 64.9 Å². The molecule has 1 aromatic heterocycles. The van der Waals surface area contributed by atoms with Crippen LogP contribution in [0.15, 0.2) is 60.0 Å². The lowest BCUT2D eigenvalue weighted by atomic mass is 9.98. The lowest BCUT2D eigenvalue weighted by Crippen LogP contribution is -2.40. The smallest absolute Gasteiger partial charge is 0.220 e. The number of fused-ring (bicyclic) bond motifs is 1. The molecule has 1 atom stereocenters. The molecule has 158 valence electrons. The van der Waals surface area contributed by atoms with Gasteiger partial charge in [-0.1, -0.05) is 42.5 Å². The number of nitrogens with zero attached hydrogens (tertiary/aromatic N) is 1. The molecule has 4 rings (SSSR count). The Morgan fingerprint density at radius 1 is 1.13 bits per heavy atom. The first-order valence-electron chi connectivity index (χ1n) is 10.9. The van der Waals surface area contributed by atoms with Crippen molar-refractivity contribution in [2.75, 3.05) is 26.2 Å². The van der Waals surface area contributed by atoms with Crippen molar-refractivity contribution >= 4 is 28.0 Å². The van der Waals surface area contributed by atoms with Crippen molar-refractivity contribution in [1.29, 1.82) is 0 Å². The fourth-order valence-corrected chi connectivity index (χ4v) is 4.91. The summed E-state index contributed by atoms with van der Waals surface area (Å²) in [4.78, 5) is 16.2. The third kappa shape index (κ3) is 5.83. The van der Waals surface area contributed by atoms with Crippen LogP contribution in [-0.2, 0) is 11.3 Å². The largest absolute Gasteiger partial charge is 0.493 e. The molecule has 2 heterocycles. The van der Waals surface area contributed by atoms with Crippen LogP contribution in [0.25, 0.3) is 10.8 Å². The van der Waals surface area contributed by atoms with Crippen LogP contribution in [0.2, 0.25) is 0 Å². The quantitative estimate of drug-likeness (QED) is 0.489. The fraction of sp³-hybridized carbons (Fsp3) is 0.400. The average Bonchev–Trinajstić information content (AvgIpc) is 3.29. The molecule has 0 bridgehead atoms. The number of rotatable bonds is 9. The Hall–Kier alpha value is -2.37. The zero-order valence-corrected chi connectivity index (χ0v) is 18.2. The first-order chi connectivity index (χ1) is 14.8. The highest BCUT2D eigenvalue weighted by Crippen LogP contribution is 2.25. The highest BCUT2D eigenvalue weighted by molar-refractivity contribution is 7.09. The van der Waals surface area contributed by atoms with Crippen LogP contribution in [0.3, 0.4) is 0 Å². The number of hydrogen-bond acceptors (Lipinski definition) is 4. The summed E-state index contributed by atoms with van der Waals surface area (Å²) >= 11 is 1.82. The maximum Gasteiger partial charge on any atom is 0.220 e. The van der Waals surface area contributed by atoms with Crippen LogP contribution in [0.4, 0.5) is 0 Å². The maximum atomic E-state index is 12.3. The summed E-state index contributed by atoms with van der Waals surface area (Å²) < 4.78 is 5.94. The van der Waals surface area contributed by atoms with Crippen molar-refractivity contribution in [2.24, 2.45) is 5.92 Å². The number of carbonyl (C=O) groups excluding carboxylic acids is 1. The highest BCUT2D eigenvalue weighted by atomic mass is 32.1. The molecule has 3 aromatic rings. The van der Waals surface area contributed by atoms with Gasteiger partial charge in [0.05, 0.1) is 6.61 Å². The van der Waals surface area contributed by atoms with E-state index in [1.54, 1.807) is 0 Å². The van der Waals surface area contributed by atoms with Crippen LogP contribution in [-0.4, -0.2) is 37.0 Å². The number of piperidine rings is 1. The van der Waals surface area contributed by atoms with Crippen LogP contribution >= 0.6 is 11.3 Å². The summed E-state index contributed by atoms with van der Waals surface area (Å²) in [5.41, 5.74) is 0. The Morgan fingerprint density at radius 2 is 2.03 bits per heavy atom. The Balaban J connectivity index is 1.14. The lowest BCUT2D eigenvalue weighted by molar-refractivity contribution is -0.121. The molecular formula is C25H30N2O2S. The second-order valence-electron chi connectivity index (χ2n) is 8.06. The van der Waals surface area contributed by atoms with Gasteiger partial charge < -0.3 is 10.1 Å². The monoisotopic (exact) mass is 422 g/mol. The number of thiophene rings is 1. The van der Waals surface area contributed by atoms with E-state index in [0.29, 0.717) is 18.9 Å². The van der Waals surface area contributed by atoms with Gasteiger partial charge in [-0.3, -0.25) is 9.69 Å². The average molecular weight is 423 g/mol. The molecule has 0 spiro atoms. The summed E-state index contributed by atoms with van der Waals surface area (Å²) in [6.45, 7) is 4.60. The van der Waals surface area contributed by atoms with Crippen LogP contribution < -0.4 is 10.1 Å². The van der Waals surface area contributed by atoms with E-state index in [1.165, 1.54) is 23.1 Å². The molecule has 0 radical (unpaired) electrons. The summed E-state index contributed by atoms with van der Waals surface area (Å²) in [6, 6.07) is 18.6. The van der Waals surface area contributed by atoms with E-state index in [1.807, 2.05) is 35.6 Å². The van der Waals surface area contributed by atoms with Crippen molar-refractivity contribution in [3.63, 3.8) is 0 Å². The summed E-state index contributed by atoms with van der Waals surface area (Å²) in [6.07, 6.45) is 3.65. The Morgan fingerprint density at radius 3 is 2.93 bits per heavy atom.